The minimum absolute atomic E-state index is 0.0526. The van der Waals surface area contributed by atoms with Gasteiger partial charge in [0.15, 0.2) is 5.78 Å². The number of fused-ring (bicyclic) bond motifs is 7. The number of carbonyl (C=O) groups excluding carboxylic acids is 2. The van der Waals surface area contributed by atoms with Crippen LogP contribution in [0, 0.1) is 56.2 Å². The first kappa shape index (κ1) is 37.2. The highest BCUT2D eigenvalue weighted by molar-refractivity contribution is 6.00. The van der Waals surface area contributed by atoms with E-state index in [1.807, 2.05) is 6.07 Å². The fourth-order valence-electron chi connectivity index (χ4n) is 12.8. The third-order valence-electron chi connectivity index (χ3n) is 15.7. The van der Waals surface area contributed by atoms with E-state index in [4.69, 9.17) is 4.74 Å². The Kier molecular flexibility index (Phi) is 9.52. The van der Waals surface area contributed by atoms with Gasteiger partial charge in [-0.15, -0.1) is 0 Å². The molecule has 276 valence electrons. The average Bonchev–Trinajstić information content (AvgIpc) is 3.33. The largest absolute Gasteiger partial charge is 0.481 e. The summed E-state index contributed by atoms with van der Waals surface area (Å²) in [6.45, 7) is 21.6. The Labute approximate surface area is 300 Å². The topological polar surface area (TPSA) is 118 Å². The van der Waals surface area contributed by atoms with Crippen LogP contribution in [-0.2, 0) is 25.7 Å². The van der Waals surface area contributed by atoms with Crippen molar-refractivity contribution in [3.63, 3.8) is 0 Å². The Morgan fingerprint density at radius 1 is 1.00 bits per heavy atom. The number of hydrogen-bond donors (Lipinski definition) is 2. The summed E-state index contributed by atoms with van der Waals surface area (Å²) in [6.07, 6.45) is 13.3. The van der Waals surface area contributed by atoms with Crippen LogP contribution < -0.4 is 5.32 Å². The van der Waals surface area contributed by atoms with Gasteiger partial charge in [0.05, 0.1) is 17.5 Å². The van der Waals surface area contributed by atoms with Crippen LogP contribution in [-0.4, -0.2) is 45.4 Å². The normalized spacial score (nSPS) is 37.8. The Balaban J connectivity index is 1.24. The van der Waals surface area contributed by atoms with E-state index in [0.29, 0.717) is 36.5 Å². The third-order valence-corrected chi connectivity index (χ3v) is 15.7. The second-order valence-corrected chi connectivity index (χ2v) is 19.3. The van der Waals surface area contributed by atoms with Gasteiger partial charge in [0.2, 0.25) is 0 Å². The van der Waals surface area contributed by atoms with Crippen LogP contribution in [0.15, 0.2) is 29.7 Å². The van der Waals surface area contributed by atoms with Crippen LogP contribution in [0.5, 0.6) is 0 Å². The van der Waals surface area contributed by atoms with Crippen molar-refractivity contribution in [2.45, 2.75) is 146 Å². The first-order valence-electron chi connectivity index (χ1n) is 19.5. The molecule has 1 aromatic heterocycles. The molecule has 0 amide bonds. The SMILES string of the molecule is CC(C)C1=C2[C@H]3CC[C@@H]4[C@@]5(C)CC[C@H](OC(=O)CC(C)(C)C(=O)O)C(C)(C)[C@@H]5CC[C@@]4(C)[C@]3(C)CC[C@@]2(CCNCc2ccncn2)CC1=O. The molecule has 1 heterocycles. The highest BCUT2D eigenvalue weighted by atomic mass is 16.5. The van der Waals surface area contributed by atoms with E-state index < -0.39 is 17.4 Å². The van der Waals surface area contributed by atoms with E-state index in [1.165, 1.54) is 12.0 Å². The van der Waals surface area contributed by atoms with Crippen LogP contribution in [0.2, 0.25) is 0 Å². The maximum absolute atomic E-state index is 14.0. The maximum Gasteiger partial charge on any atom is 0.309 e. The van der Waals surface area contributed by atoms with Crippen LogP contribution in [0.3, 0.4) is 0 Å². The standard InChI is InChI=1S/C42H63N3O5/c1-26(2)34-29(46)22-42(19-21-43-24-27-14-20-44-25-45-27)18-17-40(8)28(35(34)42)10-11-31-39(7)15-13-32(50-33(47)23-37(3,4)36(48)49)38(5,6)30(39)12-16-41(31,40)9/h14,20,25-26,28,30-32,43H,10-13,15-19,21-24H2,1-9H3,(H,48,49)/t28-,30+,31-,32+,39+,40-,41-,42-/m1/s1. The summed E-state index contributed by atoms with van der Waals surface area (Å²) in [5, 5.41) is 13.2. The fourth-order valence-corrected chi connectivity index (χ4v) is 12.8. The number of esters is 1. The molecular formula is C42H63N3O5. The summed E-state index contributed by atoms with van der Waals surface area (Å²) < 4.78 is 6.17. The number of allylic oxidation sites excluding steroid dienone is 2. The maximum atomic E-state index is 14.0. The summed E-state index contributed by atoms with van der Waals surface area (Å²) in [4.78, 5) is 47.2. The number of hydrogen-bond acceptors (Lipinski definition) is 7. The number of ketones is 1. The number of Topliss-reactive ketones (excluding diaryl/α,β-unsaturated/α-hetero) is 1. The molecule has 5 aliphatic rings. The minimum Gasteiger partial charge on any atom is -0.481 e. The van der Waals surface area contributed by atoms with Gasteiger partial charge in [-0.05, 0) is 130 Å². The van der Waals surface area contributed by atoms with Crippen molar-refractivity contribution >= 4 is 17.7 Å². The van der Waals surface area contributed by atoms with Crippen molar-refractivity contribution in [3.05, 3.63) is 35.4 Å². The number of aromatic nitrogens is 2. The van der Waals surface area contributed by atoms with Gasteiger partial charge in [-0.3, -0.25) is 14.4 Å². The summed E-state index contributed by atoms with van der Waals surface area (Å²) in [5.41, 5.74) is 2.63. The lowest BCUT2D eigenvalue weighted by Gasteiger charge is -2.72. The Bertz CT molecular complexity index is 1530. The third kappa shape index (κ3) is 5.78. The second kappa shape index (κ2) is 12.8. The van der Waals surface area contributed by atoms with Gasteiger partial charge in [-0.1, -0.05) is 54.0 Å². The highest BCUT2D eigenvalue weighted by Gasteiger charge is 2.70. The number of carboxylic acids is 1. The molecule has 1 aromatic rings. The van der Waals surface area contributed by atoms with Crippen LogP contribution >= 0.6 is 0 Å². The predicted molar refractivity (Wildman–Crippen MR) is 194 cm³/mol. The van der Waals surface area contributed by atoms with Crippen molar-refractivity contribution in [3.8, 4) is 0 Å². The van der Waals surface area contributed by atoms with Crippen molar-refractivity contribution in [1.82, 2.24) is 15.3 Å². The van der Waals surface area contributed by atoms with E-state index >= 15 is 0 Å². The molecule has 0 unspecified atom stereocenters. The minimum atomic E-state index is -1.15. The molecular weight excluding hydrogens is 626 g/mol. The van der Waals surface area contributed by atoms with E-state index in [2.05, 4.69) is 63.8 Å². The predicted octanol–water partition coefficient (Wildman–Crippen LogP) is 8.35. The zero-order valence-corrected chi connectivity index (χ0v) is 32.3. The van der Waals surface area contributed by atoms with Gasteiger partial charge in [0, 0.05) is 30.0 Å². The molecule has 6 rings (SSSR count). The number of nitrogens with zero attached hydrogens (tertiary/aromatic N) is 2. The molecule has 4 fully saturated rings. The zero-order chi connectivity index (χ0) is 36.5. The second-order valence-electron chi connectivity index (χ2n) is 19.3. The number of aliphatic carboxylic acids is 1. The van der Waals surface area contributed by atoms with Crippen molar-refractivity contribution in [2.24, 2.45) is 56.2 Å². The number of carbonyl (C=O) groups is 3. The van der Waals surface area contributed by atoms with Gasteiger partial charge < -0.3 is 15.2 Å². The quantitative estimate of drug-likeness (QED) is 0.186. The molecule has 8 heteroatoms. The molecule has 0 bridgehead atoms. The molecule has 8 atom stereocenters. The van der Waals surface area contributed by atoms with Crippen LogP contribution in [0.1, 0.15) is 139 Å². The highest BCUT2D eigenvalue weighted by Crippen LogP contribution is 2.77. The Morgan fingerprint density at radius 2 is 1.74 bits per heavy atom. The molecule has 0 radical (unpaired) electrons. The van der Waals surface area contributed by atoms with Crippen LogP contribution in [0.4, 0.5) is 0 Å². The molecule has 0 saturated heterocycles. The van der Waals surface area contributed by atoms with Crippen LogP contribution in [0.25, 0.3) is 0 Å². The number of carboxylic acid groups (broad SMARTS) is 1. The number of ether oxygens (including phenoxy) is 1. The first-order chi connectivity index (χ1) is 23.3. The number of rotatable bonds is 10. The summed E-state index contributed by atoms with van der Waals surface area (Å²) in [7, 11) is 0. The lowest BCUT2D eigenvalue weighted by molar-refractivity contribution is -0.233. The summed E-state index contributed by atoms with van der Waals surface area (Å²) >= 11 is 0. The first-order valence-corrected chi connectivity index (χ1v) is 19.5. The van der Waals surface area contributed by atoms with Crippen molar-refractivity contribution in [1.29, 1.82) is 0 Å². The molecule has 4 saturated carbocycles. The molecule has 0 aromatic carbocycles. The zero-order valence-electron chi connectivity index (χ0n) is 32.3. The number of nitrogens with one attached hydrogen (secondary N) is 1. The lowest BCUT2D eigenvalue weighted by Crippen LogP contribution is -2.65. The molecule has 50 heavy (non-hydrogen) atoms. The lowest BCUT2D eigenvalue weighted by atomic mass is 9.33. The van der Waals surface area contributed by atoms with Crippen molar-refractivity contribution < 1.29 is 24.2 Å². The summed E-state index contributed by atoms with van der Waals surface area (Å²) in [5.74, 6) is 0.630. The van der Waals surface area contributed by atoms with E-state index in [9.17, 15) is 19.5 Å². The smallest absolute Gasteiger partial charge is 0.309 e. The fraction of sp³-hybridized carbons (Fsp3) is 0.786. The Morgan fingerprint density at radius 3 is 2.40 bits per heavy atom. The van der Waals surface area contributed by atoms with E-state index in [-0.39, 0.29) is 45.5 Å². The van der Waals surface area contributed by atoms with Gasteiger partial charge in [-0.2, -0.15) is 0 Å². The Hall–Kier alpha value is -2.61. The molecule has 0 spiro atoms. The molecule has 0 aliphatic heterocycles. The molecule has 5 aliphatic carbocycles. The molecule has 8 nitrogen and oxygen atoms in total. The van der Waals surface area contributed by atoms with Gasteiger partial charge in [0.1, 0.15) is 12.4 Å². The van der Waals surface area contributed by atoms with Crippen molar-refractivity contribution in [2.75, 3.05) is 6.54 Å². The summed E-state index contributed by atoms with van der Waals surface area (Å²) in [6, 6.07) is 1.95. The average molecular weight is 690 g/mol. The van der Waals surface area contributed by atoms with Gasteiger partial charge in [-0.25, -0.2) is 9.97 Å². The van der Waals surface area contributed by atoms with E-state index in [0.717, 1.165) is 69.2 Å². The van der Waals surface area contributed by atoms with E-state index in [1.54, 1.807) is 26.4 Å². The molecule has 2 N–H and O–H groups in total. The van der Waals surface area contributed by atoms with Gasteiger partial charge in [0.25, 0.3) is 0 Å². The monoisotopic (exact) mass is 689 g/mol. The van der Waals surface area contributed by atoms with Gasteiger partial charge >= 0.3 is 11.9 Å².